The van der Waals surface area contributed by atoms with Crippen molar-refractivity contribution in [2.45, 2.75) is 64.1 Å². The number of piperidine rings is 1. The highest BCUT2D eigenvalue weighted by atomic mass is 35.5. The zero-order valence-corrected chi connectivity index (χ0v) is 18.5. The number of rotatable bonds is 5. The first kappa shape index (κ1) is 21.2. The molecule has 0 radical (unpaired) electrons. The van der Waals surface area contributed by atoms with Crippen LogP contribution in [-0.2, 0) is 27.4 Å². The molecule has 8 nitrogen and oxygen atoms in total. The number of imide groups is 1. The Hall–Kier alpha value is -2.61. The molecule has 2 heterocycles. The first-order valence-electron chi connectivity index (χ1n) is 11.2. The van der Waals surface area contributed by atoms with Gasteiger partial charge in [0.2, 0.25) is 11.8 Å². The molecule has 2 aliphatic heterocycles. The van der Waals surface area contributed by atoms with Gasteiger partial charge in [0.15, 0.2) is 0 Å². The van der Waals surface area contributed by atoms with Crippen LogP contribution in [0.15, 0.2) is 12.1 Å². The van der Waals surface area contributed by atoms with E-state index in [2.05, 4.69) is 10.6 Å². The number of nitrogens with one attached hydrogen (secondary N) is 2. The van der Waals surface area contributed by atoms with E-state index in [1.807, 2.05) is 0 Å². The van der Waals surface area contributed by atoms with Crippen LogP contribution in [0.4, 0.5) is 4.79 Å². The van der Waals surface area contributed by atoms with E-state index in [0.717, 1.165) is 12.8 Å². The van der Waals surface area contributed by atoms with Gasteiger partial charge >= 0.3 is 6.09 Å². The quantitative estimate of drug-likeness (QED) is 0.659. The molecule has 5 rings (SSSR count). The second kappa shape index (κ2) is 8.06. The van der Waals surface area contributed by atoms with Crippen LogP contribution in [0, 0.1) is 11.3 Å². The summed E-state index contributed by atoms with van der Waals surface area (Å²) in [5.74, 6) is -0.617. The molecule has 2 N–H and O–H groups in total. The van der Waals surface area contributed by atoms with Crippen molar-refractivity contribution in [1.82, 2.24) is 15.5 Å². The Morgan fingerprint density at radius 2 is 2.03 bits per heavy atom. The van der Waals surface area contributed by atoms with Gasteiger partial charge < -0.3 is 15.0 Å². The van der Waals surface area contributed by atoms with Crippen LogP contribution in [0.5, 0.6) is 0 Å². The summed E-state index contributed by atoms with van der Waals surface area (Å²) in [6.45, 7) is 0.849. The molecular formula is C23H26ClN3O5. The molecule has 1 aromatic rings. The largest absolute Gasteiger partial charge is 0.449 e. The summed E-state index contributed by atoms with van der Waals surface area (Å²) in [7, 11) is 0. The first-order chi connectivity index (χ1) is 15.3. The number of carbonyl (C=O) groups excluding carboxylic acids is 4. The van der Waals surface area contributed by atoms with Crippen molar-refractivity contribution in [3.63, 3.8) is 0 Å². The van der Waals surface area contributed by atoms with Crippen LogP contribution in [0.1, 0.15) is 66.4 Å². The van der Waals surface area contributed by atoms with Crippen LogP contribution in [0.3, 0.4) is 0 Å². The Kier molecular flexibility index (Phi) is 5.35. The third-order valence-corrected chi connectivity index (χ3v) is 7.74. The van der Waals surface area contributed by atoms with Gasteiger partial charge in [0.25, 0.3) is 5.91 Å². The van der Waals surface area contributed by atoms with Gasteiger partial charge in [-0.25, -0.2) is 4.79 Å². The van der Waals surface area contributed by atoms with Crippen LogP contribution in [0.25, 0.3) is 0 Å². The van der Waals surface area contributed by atoms with E-state index in [-0.39, 0.29) is 31.3 Å². The SMILES string of the molecule is O=C1CCC(N2Cc3c(Cl)cc(CNC(=O)OCC4CC5(CCC5)C4)cc3C2=O)C(=O)N1. The predicted molar refractivity (Wildman–Crippen MR) is 115 cm³/mol. The molecule has 0 bridgehead atoms. The lowest BCUT2D eigenvalue weighted by molar-refractivity contribution is -0.136. The normalized spacial score (nSPS) is 24.0. The van der Waals surface area contributed by atoms with Gasteiger partial charge in [-0.15, -0.1) is 0 Å². The predicted octanol–water partition coefficient (Wildman–Crippen LogP) is 2.91. The van der Waals surface area contributed by atoms with E-state index in [9.17, 15) is 19.2 Å². The number of nitrogens with zero attached hydrogens (tertiary/aromatic N) is 1. The Morgan fingerprint density at radius 3 is 2.72 bits per heavy atom. The van der Waals surface area contributed by atoms with E-state index < -0.39 is 18.0 Å². The summed E-state index contributed by atoms with van der Waals surface area (Å²) in [6, 6.07) is 2.72. The van der Waals surface area contributed by atoms with Crippen molar-refractivity contribution in [3.05, 3.63) is 33.8 Å². The minimum Gasteiger partial charge on any atom is -0.449 e. The molecule has 4 aliphatic rings. The van der Waals surface area contributed by atoms with E-state index in [1.54, 1.807) is 12.1 Å². The van der Waals surface area contributed by atoms with Gasteiger partial charge in [-0.2, -0.15) is 0 Å². The summed E-state index contributed by atoms with van der Waals surface area (Å²) >= 11 is 6.42. The molecule has 1 atom stereocenters. The minimum atomic E-state index is -0.689. The van der Waals surface area contributed by atoms with E-state index in [1.165, 1.54) is 24.2 Å². The van der Waals surface area contributed by atoms with Crippen LogP contribution < -0.4 is 10.6 Å². The number of alkyl carbamates (subject to hydrolysis) is 1. The maximum Gasteiger partial charge on any atom is 0.407 e. The van der Waals surface area contributed by atoms with Gasteiger partial charge in [0.1, 0.15) is 6.04 Å². The highest BCUT2D eigenvalue weighted by Gasteiger charge is 2.48. The van der Waals surface area contributed by atoms with Gasteiger partial charge in [-0.05, 0) is 61.1 Å². The first-order valence-corrected chi connectivity index (χ1v) is 11.6. The molecule has 1 unspecified atom stereocenters. The van der Waals surface area contributed by atoms with Crippen molar-refractivity contribution in [2.24, 2.45) is 11.3 Å². The lowest BCUT2D eigenvalue weighted by Crippen LogP contribution is -2.52. The number of hydrogen-bond acceptors (Lipinski definition) is 5. The van der Waals surface area contributed by atoms with Gasteiger partial charge in [-0.1, -0.05) is 18.0 Å². The highest BCUT2D eigenvalue weighted by Crippen LogP contribution is 2.58. The van der Waals surface area contributed by atoms with E-state index in [4.69, 9.17) is 16.3 Å². The summed E-state index contributed by atoms with van der Waals surface area (Å²) in [4.78, 5) is 50.1. The Morgan fingerprint density at radius 1 is 1.25 bits per heavy atom. The second-order valence-electron chi connectivity index (χ2n) is 9.58. The summed E-state index contributed by atoms with van der Waals surface area (Å²) in [6.07, 6.45) is 6.29. The smallest absolute Gasteiger partial charge is 0.407 e. The molecule has 170 valence electrons. The number of hydrogen-bond donors (Lipinski definition) is 2. The van der Waals surface area contributed by atoms with Crippen molar-refractivity contribution < 1.29 is 23.9 Å². The Balaban J connectivity index is 1.16. The van der Waals surface area contributed by atoms with Crippen molar-refractivity contribution >= 4 is 35.4 Å². The fourth-order valence-corrected chi connectivity index (χ4v) is 5.86. The zero-order chi connectivity index (χ0) is 22.5. The molecule has 9 heteroatoms. The number of ether oxygens (including phenoxy) is 1. The second-order valence-corrected chi connectivity index (χ2v) is 9.99. The zero-order valence-electron chi connectivity index (χ0n) is 17.7. The molecule has 4 amide bonds. The fraction of sp³-hybridized carbons (Fsp3) is 0.565. The van der Waals surface area contributed by atoms with Crippen LogP contribution >= 0.6 is 11.6 Å². The molecule has 1 spiro atoms. The summed E-state index contributed by atoms with van der Waals surface area (Å²) in [5.41, 5.74) is 2.32. The average Bonchev–Trinajstić information content (AvgIpc) is 3.01. The van der Waals surface area contributed by atoms with Gasteiger partial charge in [-0.3, -0.25) is 19.7 Å². The number of amides is 4. The standard InChI is InChI=1S/C23H26ClN3O5/c24-17-7-13(10-25-22(31)32-12-14-8-23(9-14)4-1-5-23)6-15-16(17)11-27(21(15)30)18-2-3-19(28)26-20(18)29/h6-7,14,18H,1-5,8-12H2,(H,25,31)(H,26,28,29). The number of fused-ring (bicyclic) bond motifs is 1. The van der Waals surface area contributed by atoms with Crippen molar-refractivity contribution in [3.8, 4) is 0 Å². The minimum absolute atomic E-state index is 0.187. The van der Waals surface area contributed by atoms with Crippen molar-refractivity contribution in [2.75, 3.05) is 6.61 Å². The fourth-order valence-electron chi connectivity index (χ4n) is 5.56. The maximum atomic E-state index is 13.0. The molecule has 1 saturated heterocycles. The monoisotopic (exact) mass is 459 g/mol. The van der Waals surface area contributed by atoms with E-state index in [0.29, 0.717) is 46.1 Å². The maximum absolute atomic E-state index is 13.0. The number of carbonyl (C=O) groups is 4. The molecule has 2 aliphatic carbocycles. The molecular weight excluding hydrogens is 434 g/mol. The molecule has 2 saturated carbocycles. The third-order valence-electron chi connectivity index (χ3n) is 7.41. The van der Waals surface area contributed by atoms with Gasteiger partial charge in [0, 0.05) is 35.7 Å². The number of halogens is 1. The lowest BCUT2D eigenvalue weighted by atomic mass is 9.52. The van der Waals surface area contributed by atoms with Crippen molar-refractivity contribution in [1.29, 1.82) is 0 Å². The molecule has 1 aromatic carbocycles. The topological polar surface area (TPSA) is 105 Å². The number of benzene rings is 1. The Bertz CT molecular complexity index is 998. The third kappa shape index (κ3) is 3.85. The lowest BCUT2D eigenvalue weighted by Gasteiger charge is -2.54. The van der Waals surface area contributed by atoms with E-state index >= 15 is 0 Å². The molecule has 32 heavy (non-hydrogen) atoms. The summed E-state index contributed by atoms with van der Waals surface area (Å²) < 4.78 is 5.36. The average molecular weight is 460 g/mol. The molecule has 3 fully saturated rings. The van der Waals surface area contributed by atoms with Crippen LogP contribution in [0.2, 0.25) is 5.02 Å². The molecule has 0 aromatic heterocycles. The van der Waals surface area contributed by atoms with Gasteiger partial charge in [0.05, 0.1) is 6.61 Å². The Labute approximate surface area is 191 Å². The highest BCUT2D eigenvalue weighted by molar-refractivity contribution is 6.32. The van der Waals surface area contributed by atoms with Crippen LogP contribution in [-0.4, -0.2) is 41.4 Å². The summed E-state index contributed by atoms with van der Waals surface area (Å²) in [5, 5.41) is 5.42.